The third-order valence-corrected chi connectivity index (χ3v) is 1.70. The Kier molecular flexibility index (Phi) is 9.53. The van der Waals surface area contributed by atoms with E-state index in [0.29, 0.717) is 13.0 Å². The number of oxime groups is 1. The van der Waals surface area contributed by atoms with Crippen LogP contribution in [0, 0.1) is 0 Å². The van der Waals surface area contributed by atoms with E-state index in [4.69, 9.17) is 4.84 Å². The first-order chi connectivity index (χ1) is 6.77. The van der Waals surface area contributed by atoms with E-state index in [2.05, 4.69) is 10.5 Å². The van der Waals surface area contributed by atoms with E-state index in [1.54, 1.807) is 13.1 Å². The molecule has 4 nitrogen and oxygen atoms in total. The van der Waals surface area contributed by atoms with Crippen molar-refractivity contribution in [3.63, 3.8) is 0 Å². The summed E-state index contributed by atoms with van der Waals surface area (Å²) in [5.74, 6) is 0.134. The fourth-order valence-corrected chi connectivity index (χ4v) is 0.885. The van der Waals surface area contributed by atoms with E-state index in [-0.39, 0.29) is 5.78 Å². The summed E-state index contributed by atoms with van der Waals surface area (Å²) in [6, 6.07) is 0. The lowest BCUT2D eigenvalue weighted by molar-refractivity contribution is -0.118. The van der Waals surface area contributed by atoms with Gasteiger partial charge in [0.15, 0.2) is 0 Å². The number of carbonyl (C=O) groups is 1. The Morgan fingerprint density at radius 3 is 2.93 bits per heavy atom. The largest absolute Gasteiger partial charge is 0.396 e. The Hall–Kier alpha value is -0.900. The number of hydrogen-bond acceptors (Lipinski definition) is 4. The summed E-state index contributed by atoms with van der Waals surface area (Å²) >= 11 is 0. The van der Waals surface area contributed by atoms with Crippen LogP contribution in [-0.2, 0) is 9.63 Å². The molecule has 0 saturated heterocycles. The van der Waals surface area contributed by atoms with E-state index < -0.39 is 0 Å². The quantitative estimate of drug-likeness (QED) is 0.347. The molecule has 0 aromatic heterocycles. The van der Waals surface area contributed by atoms with Crippen LogP contribution in [0.3, 0.4) is 0 Å². The fourth-order valence-electron chi connectivity index (χ4n) is 0.885. The molecule has 0 fully saturated rings. The first-order valence-electron chi connectivity index (χ1n) is 5.05. The standard InChI is InChI=1S/C10H20N2O2/c1-10(13)6-9-14-12-8-5-3-4-7-11-2/h8,11H,3-7,9H2,1-2H3/b12-8+. The molecule has 0 aliphatic heterocycles. The second-order valence-electron chi connectivity index (χ2n) is 3.17. The summed E-state index contributed by atoms with van der Waals surface area (Å²) in [5, 5.41) is 6.82. The third-order valence-electron chi connectivity index (χ3n) is 1.70. The minimum Gasteiger partial charge on any atom is -0.396 e. The van der Waals surface area contributed by atoms with Crippen LogP contribution >= 0.6 is 0 Å². The topological polar surface area (TPSA) is 50.7 Å². The lowest BCUT2D eigenvalue weighted by atomic mass is 10.2. The zero-order valence-electron chi connectivity index (χ0n) is 9.08. The van der Waals surface area contributed by atoms with Gasteiger partial charge in [0.2, 0.25) is 0 Å². The minimum atomic E-state index is 0.134. The van der Waals surface area contributed by atoms with E-state index in [1.165, 1.54) is 0 Å². The normalized spacial score (nSPS) is 10.7. The van der Waals surface area contributed by atoms with Crippen LogP contribution < -0.4 is 5.32 Å². The monoisotopic (exact) mass is 200 g/mol. The molecule has 0 aromatic carbocycles. The third kappa shape index (κ3) is 11.1. The Morgan fingerprint density at radius 1 is 1.50 bits per heavy atom. The number of carbonyl (C=O) groups excluding carboxylic acids is 1. The lowest BCUT2D eigenvalue weighted by Crippen LogP contribution is -2.06. The van der Waals surface area contributed by atoms with Gasteiger partial charge < -0.3 is 10.2 Å². The van der Waals surface area contributed by atoms with Gasteiger partial charge >= 0.3 is 0 Å². The van der Waals surface area contributed by atoms with Gasteiger partial charge in [0.05, 0.1) is 0 Å². The zero-order chi connectivity index (χ0) is 10.6. The summed E-state index contributed by atoms with van der Waals surface area (Å²) < 4.78 is 0. The van der Waals surface area contributed by atoms with Crippen molar-refractivity contribution in [2.45, 2.75) is 32.6 Å². The maximum absolute atomic E-state index is 10.5. The van der Waals surface area contributed by atoms with E-state index in [1.807, 2.05) is 7.05 Å². The molecule has 0 rings (SSSR count). The Morgan fingerprint density at radius 2 is 2.29 bits per heavy atom. The van der Waals surface area contributed by atoms with Crippen LogP contribution in [0.5, 0.6) is 0 Å². The van der Waals surface area contributed by atoms with Crippen LogP contribution in [-0.4, -0.2) is 32.2 Å². The first kappa shape index (κ1) is 13.1. The second-order valence-corrected chi connectivity index (χ2v) is 3.17. The maximum atomic E-state index is 10.5. The van der Waals surface area contributed by atoms with E-state index in [9.17, 15) is 4.79 Å². The molecule has 0 spiro atoms. The second kappa shape index (κ2) is 10.2. The maximum Gasteiger partial charge on any atom is 0.133 e. The number of rotatable bonds is 9. The molecule has 0 radical (unpaired) electrons. The lowest BCUT2D eigenvalue weighted by Gasteiger charge is -1.96. The van der Waals surface area contributed by atoms with Gasteiger partial charge in [-0.05, 0) is 39.8 Å². The van der Waals surface area contributed by atoms with Crippen molar-refractivity contribution < 1.29 is 9.63 Å². The molecule has 0 saturated carbocycles. The van der Waals surface area contributed by atoms with E-state index in [0.717, 1.165) is 25.8 Å². The summed E-state index contributed by atoms with van der Waals surface area (Å²) in [4.78, 5) is 15.4. The molecule has 4 heteroatoms. The van der Waals surface area contributed by atoms with E-state index >= 15 is 0 Å². The van der Waals surface area contributed by atoms with Gasteiger partial charge in [-0.25, -0.2) is 0 Å². The van der Waals surface area contributed by atoms with Gasteiger partial charge in [0.25, 0.3) is 0 Å². The van der Waals surface area contributed by atoms with Gasteiger partial charge in [-0.1, -0.05) is 5.16 Å². The first-order valence-corrected chi connectivity index (χ1v) is 5.05. The van der Waals surface area contributed by atoms with Crippen LogP contribution in [0.1, 0.15) is 32.6 Å². The van der Waals surface area contributed by atoms with Crippen LogP contribution in [0.4, 0.5) is 0 Å². The molecule has 0 atom stereocenters. The summed E-state index contributed by atoms with van der Waals surface area (Å²) in [7, 11) is 1.94. The van der Waals surface area contributed by atoms with Gasteiger partial charge in [-0.3, -0.25) is 4.79 Å². The molecular weight excluding hydrogens is 180 g/mol. The molecular formula is C10H20N2O2. The highest BCUT2D eigenvalue weighted by Crippen LogP contribution is 1.91. The Bertz CT molecular complexity index is 170. The van der Waals surface area contributed by atoms with Crippen molar-refractivity contribution in [1.29, 1.82) is 0 Å². The van der Waals surface area contributed by atoms with Crippen molar-refractivity contribution in [1.82, 2.24) is 5.32 Å². The molecule has 14 heavy (non-hydrogen) atoms. The summed E-state index contributed by atoms with van der Waals surface area (Å²) in [5.41, 5.74) is 0. The molecule has 0 amide bonds. The molecule has 0 aliphatic carbocycles. The highest BCUT2D eigenvalue weighted by molar-refractivity contribution is 5.75. The zero-order valence-corrected chi connectivity index (χ0v) is 9.08. The van der Waals surface area contributed by atoms with Gasteiger partial charge in [-0.2, -0.15) is 0 Å². The van der Waals surface area contributed by atoms with Crippen molar-refractivity contribution >= 4 is 12.0 Å². The number of ketones is 1. The minimum absolute atomic E-state index is 0.134. The highest BCUT2D eigenvalue weighted by Gasteiger charge is 1.91. The molecule has 82 valence electrons. The number of nitrogens with zero attached hydrogens (tertiary/aromatic N) is 1. The van der Waals surface area contributed by atoms with Crippen molar-refractivity contribution in [3.8, 4) is 0 Å². The fraction of sp³-hybridized carbons (Fsp3) is 0.800. The van der Waals surface area contributed by atoms with Crippen LogP contribution in [0.15, 0.2) is 5.16 Å². The Labute approximate surface area is 85.7 Å². The summed E-state index contributed by atoms with van der Waals surface area (Å²) in [6.45, 7) is 2.98. The molecule has 0 aromatic rings. The number of nitrogens with one attached hydrogen (secondary N) is 1. The number of hydrogen-bond donors (Lipinski definition) is 1. The van der Waals surface area contributed by atoms with Crippen molar-refractivity contribution in [2.75, 3.05) is 20.2 Å². The number of unbranched alkanes of at least 4 members (excludes halogenated alkanes) is 2. The molecule has 0 aliphatic rings. The van der Waals surface area contributed by atoms with Crippen LogP contribution in [0.25, 0.3) is 0 Å². The average Bonchev–Trinajstić information content (AvgIpc) is 2.15. The van der Waals surface area contributed by atoms with Gasteiger partial charge in [0, 0.05) is 12.6 Å². The van der Waals surface area contributed by atoms with Crippen molar-refractivity contribution in [3.05, 3.63) is 0 Å². The van der Waals surface area contributed by atoms with Gasteiger partial charge in [0.1, 0.15) is 12.4 Å². The van der Waals surface area contributed by atoms with Crippen LogP contribution in [0.2, 0.25) is 0 Å². The van der Waals surface area contributed by atoms with Gasteiger partial charge in [-0.15, -0.1) is 0 Å². The number of Topliss-reactive ketones (excluding diaryl/α,β-unsaturated/α-hetero) is 1. The Balaban J connectivity index is 3.07. The smallest absolute Gasteiger partial charge is 0.133 e. The predicted octanol–water partition coefficient (Wildman–Crippen LogP) is 1.36. The van der Waals surface area contributed by atoms with Crippen molar-refractivity contribution in [2.24, 2.45) is 5.16 Å². The molecule has 0 heterocycles. The average molecular weight is 200 g/mol. The molecule has 0 bridgehead atoms. The predicted molar refractivity (Wildman–Crippen MR) is 57.5 cm³/mol. The summed E-state index contributed by atoms with van der Waals surface area (Å²) in [6.07, 6.45) is 5.39. The SMILES string of the molecule is CNCCCC/C=N/OCCC(C)=O. The highest BCUT2D eigenvalue weighted by atomic mass is 16.6. The molecule has 0 unspecified atom stereocenters. The molecule has 1 N–H and O–H groups in total.